The van der Waals surface area contributed by atoms with Gasteiger partial charge in [0, 0.05) is 55.5 Å². The highest BCUT2D eigenvalue weighted by molar-refractivity contribution is 6.30. The topological polar surface area (TPSA) is 35.9 Å². The van der Waals surface area contributed by atoms with Gasteiger partial charge in [0.1, 0.15) is 12.4 Å². The number of nitrogens with zero attached hydrogens (tertiary/aromatic N) is 2. The number of ether oxygens (including phenoxy) is 1. The van der Waals surface area contributed by atoms with E-state index >= 15 is 0 Å². The number of hydrogen-bond acceptors (Lipinski definition) is 4. The van der Waals surface area contributed by atoms with Crippen LogP contribution in [0.2, 0.25) is 5.02 Å². The molecule has 0 radical (unpaired) electrons. The van der Waals surface area contributed by atoms with Crippen LogP contribution >= 0.6 is 11.6 Å². The third kappa shape index (κ3) is 4.09. The zero-order chi connectivity index (χ0) is 17.9. The van der Waals surface area contributed by atoms with Crippen LogP contribution < -0.4 is 4.74 Å². The second kappa shape index (κ2) is 8.30. The van der Waals surface area contributed by atoms with Crippen molar-refractivity contribution in [1.82, 2.24) is 9.80 Å². The summed E-state index contributed by atoms with van der Waals surface area (Å²) in [6.45, 7) is 5.12. The van der Waals surface area contributed by atoms with Crippen molar-refractivity contribution in [3.8, 4) is 5.75 Å². The van der Waals surface area contributed by atoms with Gasteiger partial charge in [-0.15, -0.1) is 0 Å². The van der Waals surface area contributed by atoms with E-state index in [1.807, 2.05) is 18.2 Å². The highest BCUT2D eigenvalue weighted by Gasteiger charge is 2.33. The smallest absolute Gasteiger partial charge is 0.127 e. The van der Waals surface area contributed by atoms with Gasteiger partial charge in [-0.25, -0.2) is 0 Å². The van der Waals surface area contributed by atoms with Crippen molar-refractivity contribution in [3.05, 3.63) is 34.4 Å². The lowest BCUT2D eigenvalue weighted by Gasteiger charge is -2.44. The van der Waals surface area contributed by atoms with Crippen molar-refractivity contribution < 1.29 is 9.84 Å². The minimum atomic E-state index is 0.277. The van der Waals surface area contributed by atoms with E-state index in [-0.39, 0.29) is 6.61 Å². The molecule has 1 N–H and O–H groups in total. The Morgan fingerprint density at radius 2 is 2.04 bits per heavy atom. The van der Waals surface area contributed by atoms with Crippen LogP contribution in [0.5, 0.6) is 5.75 Å². The van der Waals surface area contributed by atoms with E-state index in [1.165, 1.54) is 31.3 Å². The third-order valence-corrected chi connectivity index (χ3v) is 6.27. The van der Waals surface area contributed by atoms with E-state index in [1.54, 1.807) is 0 Å². The lowest BCUT2D eigenvalue weighted by molar-refractivity contribution is 0.0330. The normalized spacial score (nSPS) is 25.0. The van der Waals surface area contributed by atoms with Crippen LogP contribution in [-0.4, -0.2) is 66.4 Å². The Morgan fingerprint density at radius 1 is 1.19 bits per heavy atom. The van der Waals surface area contributed by atoms with Crippen molar-refractivity contribution in [2.24, 2.45) is 0 Å². The van der Waals surface area contributed by atoms with Crippen molar-refractivity contribution in [1.29, 1.82) is 0 Å². The monoisotopic (exact) mass is 376 g/mol. The number of hydrogen-bond donors (Lipinski definition) is 1. The molecule has 4 nitrogen and oxygen atoms in total. The molecule has 142 valence electrons. The van der Waals surface area contributed by atoms with E-state index in [2.05, 4.69) is 15.9 Å². The van der Waals surface area contributed by atoms with Gasteiger partial charge in [0.25, 0.3) is 0 Å². The maximum Gasteiger partial charge on any atom is 0.127 e. The molecule has 1 saturated heterocycles. The number of aliphatic hydroxyl groups excluding tert-OH is 1. The van der Waals surface area contributed by atoms with Gasteiger partial charge in [0.2, 0.25) is 0 Å². The predicted octanol–water partition coefficient (Wildman–Crippen LogP) is 3.43. The molecule has 0 bridgehead atoms. The average Bonchev–Trinajstić information content (AvgIpc) is 3.16. The molecule has 2 aliphatic heterocycles. The first-order valence-electron chi connectivity index (χ1n) is 9.93. The van der Waals surface area contributed by atoms with Crippen molar-refractivity contribution in [2.75, 3.05) is 39.4 Å². The quantitative estimate of drug-likeness (QED) is 0.854. The van der Waals surface area contributed by atoms with Crippen LogP contribution in [0.3, 0.4) is 0 Å². The van der Waals surface area contributed by atoms with E-state index in [4.69, 9.17) is 16.3 Å². The van der Waals surface area contributed by atoms with Crippen LogP contribution in [0, 0.1) is 0 Å². The van der Waals surface area contributed by atoms with Crippen LogP contribution in [0.4, 0.5) is 0 Å². The number of halogens is 1. The molecule has 0 amide bonds. The minimum absolute atomic E-state index is 0.277. The zero-order valence-electron chi connectivity index (χ0n) is 15.4. The summed E-state index contributed by atoms with van der Waals surface area (Å²) in [5, 5.41) is 10.3. The number of rotatable bonds is 5. The fourth-order valence-corrected chi connectivity index (χ4v) is 4.95. The molecule has 0 spiro atoms. The first kappa shape index (κ1) is 18.3. The summed E-state index contributed by atoms with van der Waals surface area (Å²) < 4.78 is 5.91. The molecule has 26 heavy (non-hydrogen) atoms. The largest absolute Gasteiger partial charge is 0.489 e. The number of piperazine rings is 1. The van der Waals surface area contributed by atoms with Crippen LogP contribution in [0.25, 0.3) is 6.08 Å². The van der Waals surface area contributed by atoms with Crippen molar-refractivity contribution in [2.45, 2.75) is 44.2 Å². The van der Waals surface area contributed by atoms with E-state index < -0.39 is 0 Å². The van der Waals surface area contributed by atoms with Crippen LogP contribution in [0.15, 0.2) is 23.8 Å². The van der Waals surface area contributed by atoms with E-state index in [0.717, 1.165) is 55.0 Å². The Bertz CT molecular complexity index is 657. The highest BCUT2D eigenvalue weighted by Crippen LogP contribution is 2.31. The van der Waals surface area contributed by atoms with Gasteiger partial charge < -0.3 is 9.84 Å². The first-order chi connectivity index (χ1) is 12.7. The van der Waals surface area contributed by atoms with Gasteiger partial charge in [-0.2, -0.15) is 0 Å². The summed E-state index contributed by atoms with van der Waals surface area (Å²) in [7, 11) is 0. The maximum atomic E-state index is 9.53. The molecule has 2 heterocycles. The molecule has 0 aromatic heterocycles. The zero-order valence-corrected chi connectivity index (χ0v) is 16.1. The summed E-state index contributed by atoms with van der Waals surface area (Å²) in [4.78, 5) is 5.21. The molecule has 2 fully saturated rings. The Kier molecular flexibility index (Phi) is 5.84. The molecule has 1 aliphatic carbocycles. The Morgan fingerprint density at radius 3 is 2.85 bits per heavy atom. The highest BCUT2D eigenvalue weighted by atomic mass is 35.5. The summed E-state index contributed by atoms with van der Waals surface area (Å²) in [5.74, 6) is 0.919. The minimum Gasteiger partial charge on any atom is -0.489 e. The molecule has 4 rings (SSSR count). The van der Waals surface area contributed by atoms with Crippen molar-refractivity contribution in [3.63, 3.8) is 0 Å². The van der Waals surface area contributed by atoms with Gasteiger partial charge in [-0.1, -0.05) is 24.4 Å². The number of benzene rings is 1. The fraction of sp³-hybridized carbons (Fsp3) is 0.619. The van der Waals surface area contributed by atoms with Crippen LogP contribution in [0.1, 0.15) is 37.7 Å². The lowest BCUT2D eigenvalue weighted by Crippen LogP contribution is -2.56. The third-order valence-electron chi connectivity index (χ3n) is 6.04. The van der Waals surface area contributed by atoms with Gasteiger partial charge >= 0.3 is 0 Å². The summed E-state index contributed by atoms with van der Waals surface area (Å²) >= 11 is 6.12. The molecule has 0 unspecified atom stereocenters. The average molecular weight is 377 g/mol. The molecular weight excluding hydrogens is 348 g/mol. The molecule has 5 heteroatoms. The maximum absolute atomic E-state index is 9.53. The van der Waals surface area contributed by atoms with Gasteiger partial charge in [-0.05, 0) is 49.1 Å². The second-order valence-corrected chi connectivity index (χ2v) is 8.29. The first-order valence-corrected chi connectivity index (χ1v) is 10.3. The van der Waals surface area contributed by atoms with Crippen LogP contribution in [-0.2, 0) is 0 Å². The molecule has 1 saturated carbocycles. The van der Waals surface area contributed by atoms with Gasteiger partial charge in [0.15, 0.2) is 0 Å². The summed E-state index contributed by atoms with van der Waals surface area (Å²) in [6, 6.07) is 7.01. The Labute approximate surface area is 161 Å². The number of aliphatic hydroxyl groups is 1. The van der Waals surface area contributed by atoms with E-state index in [9.17, 15) is 5.11 Å². The Balaban J connectivity index is 1.41. The summed E-state index contributed by atoms with van der Waals surface area (Å²) in [5.41, 5.74) is 2.38. The SMILES string of the molecule is OCC[C@@H]1CN(CC2=Cc3cc(Cl)ccc3OC2)CCN1C1CCCC1. The fourth-order valence-electron chi connectivity index (χ4n) is 4.77. The molecule has 1 atom stereocenters. The predicted molar refractivity (Wildman–Crippen MR) is 106 cm³/mol. The Hall–Kier alpha value is -1.07. The van der Waals surface area contributed by atoms with E-state index in [0.29, 0.717) is 12.6 Å². The van der Waals surface area contributed by atoms with Crippen molar-refractivity contribution >= 4 is 17.7 Å². The molecular formula is C21H29ClN2O2. The number of fused-ring (bicyclic) bond motifs is 1. The second-order valence-electron chi connectivity index (χ2n) is 7.85. The molecule has 1 aromatic carbocycles. The van der Waals surface area contributed by atoms with Gasteiger partial charge in [-0.3, -0.25) is 9.80 Å². The summed E-state index contributed by atoms with van der Waals surface area (Å²) in [6.07, 6.45) is 8.50. The molecule has 1 aromatic rings. The lowest BCUT2D eigenvalue weighted by atomic mass is 10.0. The molecule has 3 aliphatic rings. The standard InChI is InChI=1S/C21H29ClN2O2/c22-18-5-6-21-17(12-18)11-16(15-26-21)13-23-8-9-24(19-3-1-2-4-19)20(14-23)7-10-25/h5-6,11-12,19-20,25H,1-4,7-10,13-15H2/t20-/m1/s1. The van der Waals surface area contributed by atoms with Gasteiger partial charge in [0.05, 0.1) is 0 Å².